The van der Waals surface area contributed by atoms with E-state index in [-0.39, 0.29) is 25.3 Å². The third-order valence-electron chi connectivity index (χ3n) is 5.57. The number of hydrogen-bond donors (Lipinski definition) is 2. The normalized spacial score (nSPS) is 18.0. The van der Waals surface area contributed by atoms with Crippen LogP contribution in [-0.2, 0) is 15.6 Å². The zero-order valence-corrected chi connectivity index (χ0v) is 19.2. The molecule has 0 bridgehead atoms. The number of anilines is 2. The lowest BCUT2D eigenvalue weighted by atomic mass is 9.92. The highest BCUT2D eigenvalue weighted by Gasteiger charge is 2.71. The average molecular weight is 540 g/mol. The van der Waals surface area contributed by atoms with Crippen molar-refractivity contribution in [2.75, 3.05) is 30.3 Å². The van der Waals surface area contributed by atoms with Crippen molar-refractivity contribution in [3.8, 4) is 11.8 Å². The van der Waals surface area contributed by atoms with Crippen LogP contribution in [0.15, 0.2) is 41.4 Å². The summed E-state index contributed by atoms with van der Waals surface area (Å²) < 4.78 is 120. The second kappa shape index (κ2) is 9.41. The van der Waals surface area contributed by atoms with Crippen LogP contribution < -0.4 is 10.6 Å². The molecule has 2 aromatic rings. The van der Waals surface area contributed by atoms with E-state index in [4.69, 9.17) is 5.73 Å². The number of pyridine rings is 1. The lowest BCUT2D eigenvalue weighted by molar-refractivity contribution is -0.376. The van der Waals surface area contributed by atoms with Gasteiger partial charge in [0.05, 0.1) is 0 Å². The first kappa shape index (κ1) is 27.5. The van der Waals surface area contributed by atoms with E-state index >= 15 is 0 Å². The molecule has 0 saturated carbocycles. The summed E-state index contributed by atoms with van der Waals surface area (Å²) >= 11 is 0. The quantitative estimate of drug-likeness (QED) is 0.457. The van der Waals surface area contributed by atoms with E-state index in [0.29, 0.717) is 18.2 Å². The molecule has 1 saturated heterocycles. The van der Waals surface area contributed by atoms with E-state index in [1.807, 2.05) is 0 Å². The number of nitrogens with two attached hydrogens (primary N) is 1. The predicted molar refractivity (Wildman–Crippen MR) is 114 cm³/mol. The lowest BCUT2D eigenvalue weighted by Crippen LogP contribution is -2.55. The van der Waals surface area contributed by atoms with E-state index < -0.39 is 56.1 Å². The van der Waals surface area contributed by atoms with E-state index in [9.17, 15) is 44.3 Å². The molecule has 0 unspecified atom stereocenters. The number of rotatable bonds is 4. The SMILES string of the molecule is CC#C[C@@H]1CN(S(=O)(=O)c2cnc(N)c(F)c2)CCN1c1ccc(C(O)(C(F)(F)F)C(F)(F)F)cc1. The zero-order chi connectivity index (χ0) is 27.1. The number of alkyl halides is 6. The molecule has 1 aromatic heterocycles. The van der Waals surface area contributed by atoms with Crippen LogP contribution in [0.25, 0.3) is 0 Å². The fourth-order valence-corrected chi connectivity index (χ4v) is 5.07. The van der Waals surface area contributed by atoms with Gasteiger partial charge >= 0.3 is 12.4 Å². The molecule has 7 nitrogen and oxygen atoms in total. The van der Waals surface area contributed by atoms with Gasteiger partial charge in [-0.1, -0.05) is 18.1 Å². The first-order chi connectivity index (χ1) is 16.5. The van der Waals surface area contributed by atoms with Crippen molar-refractivity contribution in [1.29, 1.82) is 0 Å². The van der Waals surface area contributed by atoms with Gasteiger partial charge in [-0.15, -0.1) is 5.92 Å². The second-order valence-corrected chi connectivity index (χ2v) is 9.70. The van der Waals surface area contributed by atoms with Crippen LogP contribution in [0.5, 0.6) is 0 Å². The fourth-order valence-electron chi connectivity index (χ4n) is 3.68. The Morgan fingerprint density at radius 2 is 1.67 bits per heavy atom. The van der Waals surface area contributed by atoms with E-state index in [1.165, 1.54) is 11.8 Å². The summed E-state index contributed by atoms with van der Waals surface area (Å²) in [7, 11) is -4.22. The second-order valence-electron chi connectivity index (χ2n) is 7.76. The summed E-state index contributed by atoms with van der Waals surface area (Å²) in [6, 6.07) is 2.76. The highest BCUT2D eigenvalue weighted by Crippen LogP contribution is 2.50. The van der Waals surface area contributed by atoms with E-state index in [1.54, 1.807) is 0 Å². The number of hydrogen-bond acceptors (Lipinski definition) is 6. The molecule has 0 amide bonds. The topological polar surface area (TPSA) is 99.8 Å². The summed E-state index contributed by atoms with van der Waals surface area (Å²) in [5.41, 5.74) is -1.07. The van der Waals surface area contributed by atoms with Crippen LogP contribution in [-0.4, -0.2) is 60.8 Å². The molecule has 196 valence electrons. The van der Waals surface area contributed by atoms with Crippen molar-refractivity contribution in [2.24, 2.45) is 0 Å². The Morgan fingerprint density at radius 1 is 1.08 bits per heavy atom. The maximum atomic E-state index is 13.8. The van der Waals surface area contributed by atoms with Gasteiger partial charge in [-0.25, -0.2) is 17.8 Å². The molecule has 2 heterocycles. The summed E-state index contributed by atoms with van der Waals surface area (Å²) in [4.78, 5) is 4.54. The summed E-state index contributed by atoms with van der Waals surface area (Å²) in [6.07, 6.45) is -11.2. The maximum absolute atomic E-state index is 13.8. The van der Waals surface area contributed by atoms with Crippen molar-refractivity contribution in [3.63, 3.8) is 0 Å². The minimum atomic E-state index is -6.03. The standard InChI is InChI=1S/C21H19F7N4O3S/c1-2-3-15-12-31(36(34,35)16-10-17(22)18(29)30-11-16)8-9-32(15)14-6-4-13(5-7-14)19(33,20(23,24)25)21(26,27)28/h4-7,10-11,15,33H,8-9,12H2,1H3,(H2,29,30)/t15-/m1/s1. The van der Waals surface area contributed by atoms with Gasteiger partial charge < -0.3 is 15.7 Å². The number of nitrogens with zero attached hydrogens (tertiary/aromatic N) is 3. The van der Waals surface area contributed by atoms with Crippen LogP contribution in [0.2, 0.25) is 0 Å². The molecule has 1 aromatic carbocycles. The average Bonchev–Trinajstić information content (AvgIpc) is 2.79. The van der Waals surface area contributed by atoms with E-state index in [0.717, 1.165) is 22.6 Å². The molecule has 1 aliphatic heterocycles. The molecule has 0 radical (unpaired) electrons. The van der Waals surface area contributed by atoms with Crippen molar-refractivity contribution in [1.82, 2.24) is 9.29 Å². The molecule has 3 N–H and O–H groups in total. The molecule has 0 aliphatic carbocycles. The number of benzene rings is 1. The summed E-state index contributed by atoms with van der Waals surface area (Å²) in [5.74, 6) is 3.84. The Morgan fingerprint density at radius 3 is 2.17 bits per heavy atom. The summed E-state index contributed by atoms with van der Waals surface area (Å²) in [5, 5.41) is 9.56. The minimum absolute atomic E-state index is 0.0500. The maximum Gasteiger partial charge on any atom is 0.430 e. The van der Waals surface area contributed by atoms with Crippen molar-refractivity contribution < 1.29 is 44.3 Å². The smallest absolute Gasteiger partial charge is 0.381 e. The van der Waals surface area contributed by atoms with Gasteiger partial charge in [0, 0.05) is 37.1 Å². The Labute approximate surface area is 201 Å². The molecule has 0 spiro atoms. The third kappa shape index (κ3) is 4.80. The lowest BCUT2D eigenvalue weighted by Gasteiger charge is -2.40. The van der Waals surface area contributed by atoms with Crippen LogP contribution >= 0.6 is 0 Å². The predicted octanol–water partition coefficient (Wildman–Crippen LogP) is 3.02. The zero-order valence-electron chi connectivity index (χ0n) is 18.4. The Bertz CT molecular complexity index is 1270. The molecule has 1 fully saturated rings. The number of aromatic nitrogens is 1. The Hall–Kier alpha value is -3.09. The van der Waals surface area contributed by atoms with Crippen molar-refractivity contribution in [2.45, 2.75) is 35.8 Å². The van der Waals surface area contributed by atoms with Gasteiger partial charge in [-0.3, -0.25) is 0 Å². The Kier molecular flexibility index (Phi) is 7.19. The molecule has 1 atom stereocenters. The molecular weight excluding hydrogens is 521 g/mol. The van der Waals surface area contributed by atoms with Gasteiger partial charge in [0.25, 0.3) is 5.60 Å². The highest BCUT2D eigenvalue weighted by atomic mass is 32.2. The minimum Gasteiger partial charge on any atom is -0.381 e. The van der Waals surface area contributed by atoms with E-state index in [2.05, 4.69) is 16.8 Å². The van der Waals surface area contributed by atoms with Crippen LogP contribution in [0.3, 0.4) is 0 Å². The van der Waals surface area contributed by atoms with Crippen LogP contribution in [0.1, 0.15) is 12.5 Å². The Balaban J connectivity index is 1.90. The first-order valence-corrected chi connectivity index (χ1v) is 11.5. The van der Waals surface area contributed by atoms with Gasteiger partial charge in [0.2, 0.25) is 10.0 Å². The fraction of sp³-hybridized carbons (Fsp3) is 0.381. The first-order valence-electron chi connectivity index (χ1n) is 10.1. The molecule has 36 heavy (non-hydrogen) atoms. The third-order valence-corrected chi connectivity index (χ3v) is 7.40. The summed E-state index contributed by atoms with van der Waals surface area (Å²) in [6.45, 7) is 1.01. The molecular formula is C21H19F7N4O3S. The van der Waals surface area contributed by atoms with Gasteiger partial charge in [-0.05, 0) is 25.1 Å². The van der Waals surface area contributed by atoms with Crippen molar-refractivity contribution >= 4 is 21.5 Å². The number of halogens is 7. The number of nitrogen functional groups attached to an aromatic ring is 1. The van der Waals surface area contributed by atoms with Gasteiger partial charge in [0.15, 0.2) is 11.6 Å². The highest BCUT2D eigenvalue weighted by molar-refractivity contribution is 7.89. The number of sulfonamides is 1. The number of piperazine rings is 1. The largest absolute Gasteiger partial charge is 0.430 e. The van der Waals surface area contributed by atoms with Crippen LogP contribution in [0, 0.1) is 17.7 Å². The molecule has 3 rings (SSSR count). The monoisotopic (exact) mass is 540 g/mol. The molecule has 1 aliphatic rings. The van der Waals surface area contributed by atoms with Gasteiger partial charge in [-0.2, -0.15) is 30.6 Å². The molecule has 15 heteroatoms. The number of aliphatic hydroxyl groups is 1. The van der Waals surface area contributed by atoms with Crippen LogP contribution in [0.4, 0.5) is 42.2 Å². The van der Waals surface area contributed by atoms with Gasteiger partial charge in [0.1, 0.15) is 10.9 Å². The van der Waals surface area contributed by atoms with Crippen molar-refractivity contribution in [3.05, 3.63) is 47.9 Å².